The molecule has 3 heteroatoms. The topological polar surface area (TPSA) is 52.5 Å². The van der Waals surface area contributed by atoms with Crippen LogP contribution in [0.1, 0.15) is 62.1 Å². The highest BCUT2D eigenvalue weighted by Gasteiger charge is 2.07. The Balaban J connectivity index is 1.80. The molecule has 0 radical (unpaired) electrons. The molecule has 0 atom stereocenters. The van der Waals surface area contributed by atoms with Crippen molar-refractivity contribution < 1.29 is 10.2 Å². The van der Waals surface area contributed by atoms with Crippen molar-refractivity contribution in [1.29, 1.82) is 0 Å². The first kappa shape index (κ1) is 19.3. The molecular weight excluding hydrogens is 310 g/mol. The molecule has 0 amide bonds. The fraction of sp³-hybridized carbons (Fsp3) is 0.455. The number of benzene rings is 2. The van der Waals surface area contributed by atoms with Crippen LogP contribution in [-0.2, 0) is 19.5 Å². The lowest BCUT2D eigenvalue weighted by Gasteiger charge is -2.11. The Morgan fingerprint density at radius 2 is 1.36 bits per heavy atom. The standard InChI is InChI=1S/C22H31NO2/c1-2-3-4-5-6-7-11-18-13-10-14-20(22(18)25)17-23-16-19-12-8-9-15-21(19)24/h8-10,12-15,23-25H,2-7,11,16-17H2,1H3. The molecule has 0 heterocycles. The van der Waals surface area contributed by atoms with Crippen LogP contribution in [0.25, 0.3) is 0 Å². The minimum atomic E-state index is 0.302. The van der Waals surface area contributed by atoms with Gasteiger partial charge in [-0.2, -0.15) is 0 Å². The Hall–Kier alpha value is -2.00. The highest BCUT2D eigenvalue weighted by molar-refractivity contribution is 5.40. The number of nitrogens with one attached hydrogen (secondary N) is 1. The third-order valence-electron chi connectivity index (χ3n) is 4.63. The van der Waals surface area contributed by atoms with Crippen molar-refractivity contribution in [3.63, 3.8) is 0 Å². The molecule has 0 aliphatic heterocycles. The summed E-state index contributed by atoms with van der Waals surface area (Å²) in [4.78, 5) is 0. The molecule has 2 rings (SSSR count). The first-order valence-corrected chi connectivity index (χ1v) is 9.49. The zero-order chi connectivity index (χ0) is 17.9. The van der Waals surface area contributed by atoms with E-state index in [0.717, 1.165) is 29.5 Å². The second kappa shape index (κ2) is 10.8. The highest BCUT2D eigenvalue weighted by atomic mass is 16.3. The minimum absolute atomic E-state index is 0.302. The van der Waals surface area contributed by atoms with Crippen LogP contribution in [-0.4, -0.2) is 10.2 Å². The summed E-state index contributed by atoms with van der Waals surface area (Å²) in [5, 5.41) is 23.6. The normalized spacial score (nSPS) is 10.9. The van der Waals surface area contributed by atoms with Crippen LogP contribution >= 0.6 is 0 Å². The Kier molecular flexibility index (Phi) is 8.33. The largest absolute Gasteiger partial charge is 0.508 e. The van der Waals surface area contributed by atoms with E-state index < -0.39 is 0 Å². The molecule has 3 N–H and O–H groups in total. The quantitative estimate of drug-likeness (QED) is 0.487. The summed E-state index contributed by atoms with van der Waals surface area (Å²) < 4.78 is 0. The Bertz CT molecular complexity index is 640. The number of unbranched alkanes of at least 4 members (excludes halogenated alkanes) is 5. The SMILES string of the molecule is CCCCCCCCc1cccc(CNCc2ccccc2O)c1O. The van der Waals surface area contributed by atoms with E-state index in [2.05, 4.69) is 12.2 Å². The van der Waals surface area contributed by atoms with E-state index in [-0.39, 0.29) is 0 Å². The van der Waals surface area contributed by atoms with Gasteiger partial charge in [0, 0.05) is 24.2 Å². The number of hydrogen-bond acceptors (Lipinski definition) is 3. The zero-order valence-electron chi connectivity index (χ0n) is 15.3. The number of aromatic hydroxyl groups is 2. The number of phenols is 2. The molecule has 2 aromatic rings. The maximum Gasteiger partial charge on any atom is 0.123 e. The summed E-state index contributed by atoms with van der Waals surface area (Å²) in [6.45, 7) is 3.40. The van der Waals surface area contributed by atoms with E-state index in [0.29, 0.717) is 24.6 Å². The van der Waals surface area contributed by atoms with Crippen LogP contribution < -0.4 is 5.32 Å². The van der Waals surface area contributed by atoms with Crippen LogP contribution in [0.15, 0.2) is 42.5 Å². The van der Waals surface area contributed by atoms with Gasteiger partial charge in [-0.05, 0) is 24.5 Å². The summed E-state index contributed by atoms with van der Waals surface area (Å²) in [6, 6.07) is 13.3. The molecule has 0 aromatic heterocycles. The van der Waals surface area contributed by atoms with E-state index in [4.69, 9.17) is 0 Å². The van der Waals surface area contributed by atoms with Gasteiger partial charge < -0.3 is 15.5 Å². The molecule has 0 saturated carbocycles. The molecule has 0 aliphatic carbocycles. The van der Waals surface area contributed by atoms with Gasteiger partial charge in [0.1, 0.15) is 11.5 Å². The van der Waals surface area contributed by atoms with E-state index in [1.54, 1.807) is 6.07 Å². The van der Waals surface area contributed by atoms with Gasteiger partial charge in [-0.1, -0.05) is 75.4 Å². The van der Waals surface area contributed by atoms with Gasteiger partial charge in [0.25, 0.3) is 0 Å². The van der Waals surface area contributed by atoms with Crippen molar-refractivity contribution in [3.05, 3.63) is 59.2 Å². The summed E-state index contributed by atoms with van der Waals surface area (Å²) in [5.74, 6) is 0.719. The zero-order valence-corrected chi connectivity index (χ0v) is 15.3. The molecule has 0 saturated heterocycles. The molecule has 3 nitrogen and oxygen atoms in total. The van der Waals surface area contributed by atoms with E-state index >= 15 is 0 Å². The maximum atomic E-state index is 10.5. The first-order chi connectivity index (χ1) is 12.2. The van der Waals surface area contributed by atoms with Gasteiger partial charge in [-0.3, -0.25) is 0 Å². The van der Waals surface area contributed by atoms with Gasteiger partial charge >= 0.3 is 0 Å². The van der Waals surface area contributed by atoms with Gasteiger partial charge in [0.15, 0.2) is 0 Å². The fourth-order valence-corrected chi connectivity index (χ4v) is 3.08. The van der Waals surface area contributed by atoms with Crippen molar-refractivity contribution in [3.8, 4) is 11.5 Å². The average Bonchev–Trinajstić information content (AvgIpc) is 2.62. The second-order valence-corrected chi connectivity index (χ2v) is 6.67. The molecule has 0 aliphatic rings. The number of aryl methyl sites for hydroxylation is 1. The van der Waals surface area contributed by atoms with Crippen LogP contribution in [0, 0.1) is 0 Å². The second-order valence-electron chi connectivity index (χ2n) is 6.67. The maximum absolute atomic E-state index is 10.5. The average molecular weight is 341 g/mol. The fourth-order valence-electron chi connectivity index (χ4n) is 3.08. The van der Waals surface area contributed by atoms with Crippen molar-refractivity contribution >= 4 is 0 Å². The van der Waals surface area contributed by atoms with Crippen molar-refractivity contribution in [1.82, 2.24) is 5.32 Å². The molecule has 0 fully saturated rings. The Morgan fingerprint density at radius 1 is 0.720 bits per heavy atom. The summed E-state index contributed by atoms with van der Waals surface area (Å²) >= 11 is 0. The van der Waals surface area contributed by atoms with Crippen molar-refractivity contribution in [2.24, 2.45) is 0 Å². The first-order valence-electron chi connectivity index (χ1n) is 9.49. The molecular formula is C22H31NO2. The lowest BCUT2D eigenvalue weighted by atomic mass is 10.0. The number of hydrogen-bond donors (Lipinski definition) is 3. The third-order valence-corrected chi connectivity index (χ3v) is 4.63. The number of rotatable bonds is 11. The van der Waals surface area contributed by atoms with Gasteiger partial charge in [-0.15, -0.1) is 0 Å². The predicted molar refractivity (Wildman–Crippen MR) is 104 cm³/mol. The van der Waals surface area contributed by atoms with Crippen molar-refractivity contribution in [2.45, 2.75) is 65.0 Å². The molecule has 136 valence electrons. The lowest BCUT2D eigenvalue weighted by molar-refractivity contribution is 0.452. The van der Waals surface area contributed by atoms with E-state index in [1.807, 2.05) is 36.4 Å². The van der Waals surface area contributed by atoms with Crippen LogP contribution in [0.5, 0.6) is 11.5 Å². The van der Waals surface area contributed by atoms with E-state index in [1.165, 1.54) is 32.1 Å². The number of para-hydroxylation sites is 2. The predicted octanol–water partition coefficient (Wildman–Crippen LogP) is 5.29. The molecule has 0 unspecified atom stereocenters. The Labute approximate surface area is 151 Å². The third kappa shape index (κ3) is 6.43. The van der Waals surface area contributed by atoms with E-state index in [9.17, 15) is 10.2 Å². The monoisotopic (exact) mass is 341 g/mol. The number of phenolic OH excluding ortho intramolecular Hbond substituents is 2. The molecule has 2 aromatic carbocycles. The lowest BCUT2D eigenvalue weighted by Crippen LogP contribution is -2.13. The van der Waals surface area contributed by atoms with Crippen LogP contribution in [0.3, 0.4) is 0 Å². The van der Waals surface area contributed by atoms with Crippen molar-refractivity contribution in [2.75, 3.05) is 0 Å². The van der Waals surface area contributed by atoms with Crippen LogP contribution in [0.2, 0.25) is 0 Å². The molecule has 25 heavy (non-hydrogen) atoms. The summed E-state index contributed by atoms with van der Waals surface area (Å²) in [6.07, 6.45) is 8.50. The smallest absolute Gasteiger partial charge is 0.123 e. The molecule has 0 bridgehead atoms. The minimum Gasteiger partial charge on any atom is -0.508 e. The summed E-state index contributed by atoms with van der Waals surface area (Å²) in [7, 11) is 0. The summed E-state index contributed by atoms with van der Waals surface area (Å²) in [5.41, 5.74) is 2.82. The molecule has 0 spiro atoms. The van der Waals surface area contributed by atoms with Gasteiger partial charge in [0.05, 0.1) is 0 Å². The van der Waals surface area contributed by atoms with Gasteiger partial charge in [-0.25, -0.2) is 0 Å². The van der Waals surface area contributed by atoms with Crippen LogP contribution in [0.4, 0.5) is 0 Å². The van der Waals surface area contributed by atoms with Gasteiger partial charge in [0.2, 0.25) is 0 Å². The highest BCUT2D eigenvalue weighted by Crippen LogP contribution is 2.25. The Morgan fingerprint density at radius 3 is 2.16 bits per heavy atom.